The Labute approximate surface area is 195 Å². The zero-order valence-corrected chi connectivity index (χ0v) is 19.7. The van der Waals surface area contributed by atoms with E-state index in [9.17, 15) is 9.59 Å². The van der Waals surface area contributed by atoms with Gasteiger partial charge in [0.1, 0.15) is 5.69 Å². The van der Waals surface area contributed by atoms with Gasteiger partial charge in [0.2, 0.25) is 5.91 Å². The third kappa shape index (κ3) is 5.28. The molecule has 2 aromatic carbocycles. The molecule has 1 unspecified atom stereocenters. The zero-order chi connectivity index (χ0) is 23.5. The Hall–Kier alpha value is -3.54. The molecular formula is C27H30N4O2. The average molecular weight is 443 g/mol. The van der Waals surface area contributed by atoms with Crippen LogP contribution in [0.1, 0.15) is 32.9 Å². The maximum absolute atomic E-state index is 13.0. The van der Waals surface area contributed by atoms with Crippen molar-refractivity contribution in [3.63, 3.8) is 0 Å². The quantitative estimate of drug-likeness (QED) is 0.616. The smallest absolute Gasteiger partial charge is 0.274 e. The minimum Gasteiger partial charge on any atom is -0.344 e. The molecule has 2 heterocycles. The van der Waals surface area contributed by atoms with E-state index >= 15 is 0 Å². The Kier molecular flexibility index (Phi) is 6.54. The Morgan fingerprint density at radius 1 is 0.939 bits per heavy atom. The van der Waals surface area contributed by atoms with Crippen LogP contribution in [-0.2, 0) is 11.2 Å². The van der Waals surface area contributed by atoms with Gasteiger partial charge < -0.3 is 9.80 Å². The molecule has 0 saturated carbocycles. The highest BCUT2D eigenvalue weighted by Gasteiger charge is 2.31. The first-order chi connectivity index (χ1) is 15.8. The number of benzene rings is 2. The molecule has 2 amide bonds. The van der Waals surface area contributed by atoms with Gasteiger partial charge in [-0.2, -0.15) is 0 Å². The summed E-state index contributed by atoms with van der Waals surface area (Å²) in [5.41, 5.74) is 6.99. The molecule has 0 spiro atoms. The van der Waals surface area contributed by atoms with E-state index in [-0.39, 0.29) is 17.7 Å². The van der Waals surface area contributed by atoms with E-state index in [0.29, 0.717) is 31.7 Å². The minimum atomic E-state index is -0.299. The molecule has 1 aliphatic rings. The molecule has 1 saturated heterocycles. The SMILES string of the molecule is Cc1cc(C)cc(-c2ccc(CC3CN(C(=O)c4cnc(C)cn4)CCN(C)C3=O)cc2)c1. The molecule has 170 valence electrons. The van der Waals surface area contributed by atoms with E-state index in [1.165, 1.54) is 22.9 Å². The summed E-state index contributed by atoms with van der Waals surface area (Å²) in [5, 5.41) is 0. The Morgan fingerprint density at radius 2 is 1.64 bits per heavy atom. The van der Waals surface area contributed by atoms with Gasteiger partial charge in [-0.3, -0.25) is 14.6 Å². The number of aromatic nitrogens is 2. The third-order valence-corrected chi connectivity index (χ3v) is 6.15. The predicted octanol–water partition coefficient (Wildman–Crippen LogP) is 3.84. The number of carbonyl (C=O) groups excluding carboxylic acids is 2. The lowest BCUT2D eigenvalue weighted by Crippen LogP contribution is -2.37. The minimum absolute atomic E-state index is 0.0682. The third-order valence-electron chi connectivity index (χ3n) is 6.15. The molecule has 0 aliphatic carbocycles. The van der Waals surface area contributed by atoms with Gasteiger partial charge >= 0.3 is 0 Å². The van der Waals surface area contributed by atoms with Gasteiger partial charge in [-0.25, -0.2) is 4.98 Å². The van der Waals surface area contributed by atoms with Crippen molar-refractivity contribution in [1.82, 2.24) is 19.8 Å². The summed E-state index contributed by atoms with van der Waals surface area (Å²) in [6.45, 7) is 7.41. The number of nitrogens with zero attached hydrogens (tertiary/aromatic N) is 4. The maximum atomic E-state index is 13.0. The van der Waals surface area contributed by atoms with Crippen LogP contribution in [0.3, 0.4) is 0 Å². The second-order valence-electron chi connectivity index (χ2n) is 9.03. The number of hydrogen-bond acceptors (Lipinski definition) is 4. The van der Waals surface area contributed by atoms with Crippen molar-refractivity contribution in [2.24, 2.45) is 5.92 Å². The molecule has 1 aliphatic heterocycles. The van der Waals surface area contributed by atoms with Gasteiger partial charge in [0.15, 0.2) is 0 Å². The van der Waals surface area contributed by atoms with Crippen molar-refractivity contribution in [3.05, 3.63) is 82.9 Å². The highest BCUT2D eigenvalue weighted by molar-refractivity contribution is 5.92. The molecule has 6 heteroatoms. The normalized spacial score (nSPS) is 16.6. The van der Waals surface area contributed by atoms with Crippen LogP contribution in [0.2, 0.25) is 0 Å². The van der Waals surface area contributed by atoms with Gasteiger partial charge in [-0.05, 0) is 43.9 Å². The van der Waals surface area contributed by atoms with Gasteiger partial charge in [-0.1, -0.05) is 53.6 Å². The van der Waals surface area contributed by atoms with Crippen LogP contribution in [0.15, 0.2) is 54.9 Å². The number of likely N-dealkylation sites (N-methyl/N-ethyl adjacent to an activating group) is 1. The van der Waals surface area contributed by atoms with E-state index < -0.39 is 0 Å². The summed E-state index contributed by atoms with van der Waals surface area (Å²) in [4.78, 5) is 37.9. The standard InChI is InChI=1S/C27H30N4O2/c1-18-11-19(2)13-23(12-18)22-7-5-21(6-8-22)14-24-17-31(10-9-30(4)26(24)32)27(33)25-16-28-20(3)15-29-25/h5-8,11-13,15-16,24H,9-10,14,17H2,1-4H3. The van der Waals surface area contributed by atoms with Crippen LogP contribution in [0.5, 0.6) is 0 Å². The lowest BCUT2D eigenvalue weighted by atomic mass is 9.95. The largest absolute Gasteiger partial charge is 0.344 e. The van der Waals surface area contributed by atoms with E-state index in [4.69, 9.17) is 0 Å². The molecule has 33 heavy (non-hydrogen) atoms. The predicted molar refractivity (Wildman–Crippen MR) is 129 cm³/mol. The number of rotatable bonds is 4. The molecular weight excluding hydrogens is 412 g/mol. The zero-order valence-electron chi connectivity index (χ0n) is 19.7. The average Bonchev–Trinajstić information content (AvgIpc) is 2.93. The fourth-order valence-electron chi connectivity index (χ4n) is 4.39. The number of aryl methyl sites for hydroxylation is 3. The van der Waals surface area contributed by atoms with Crippen LogP contribution in [0.4, 0.5) is 0 Å². The summed E-state index contributed by atoms with van der Waals surface area (Å²) in [6, 6.07) is 14.9. The lowest BCUT2D eigenvalue weighted by Gasteiger charge is -2.23. The fourth-order valence-corrected chi connectivity index (χ4v) is 4.39. The maximum Gasteiger partial charge on any atom is 0.274 e. The molecule has 0 N–H and O–H groups in total. The van der Waals surface area contributed by atoms with Crippen LogP contribution in [-0.4, -0.2) is 58.3 Å². The summed E-state index contributed by atoms with van der Waals surface area (Å²) in [6.07, 6.45) is 3.69. The van der Waals surface area contributed by atoms with Gasteiger partial charge in [-0.15, -0.1) is 0 Å². The molecule has 6 nitrogen and oxygen atoms in total. The highest BCUT2D eigenvalue weighted by Crippen LogP contribution is 2.24. The molecule has 0 radical (unpaired) electrons. The van der Waals surface area contributed by atoms with Crippen molar-refractivity contribution in [3.8, 4) is 11.1 Å². The first-order valence-corrected chi connectivity index (χ1v) is 11.3. The molecule has 0 bridgehead atoms. The van der Waals surface area contributed by atoms with Crippen LogP contribution in [0.25, 0.3) is 11.1 Å². The van der Waals surface area contributed by atoms with Crippen LogP contribution < -0.4 is 0 Å². The van der Waals surface area contributed by atoms with Crippen LogP contribution in [0, 0.1) is 26.7 Å². The summed E-state index contributed by atoms with van der Waals surface area (Å²) >= 11 is 0. The number of amides is 2. The summed E-state index contributed by atoms with van der Waals surface area (Å²) < 4.78 is 0. The van der Waals surface area contributed by atoms with E-state index in [2.05, 4.69) is 66.3 Å². The van der Waals surface area contributed by atoms with E-state index in [1.54, 1.807) is 23.0 Å². The first kappa shape index (κ1) is 22.6. The number of hydrogen-bond donors (Lipinski definition) is 0. The van der Waals surface area contributed by atoms with Gasteiger partial charge in [0.05, 0.1) is 17.8 Å². The van der Waals surface area contributed by atoms with Crippen molar-refractivity contribution in [1.29, 1.82) is 0 Å². The van der Waals surface area contributed by atoms with Gasteiger partial charge in [0.25, 0.3) is 5.91 Å². The molecule has 1 aromatic heterocycles. The second kappa shape index (κ2) is 9.53. The van der Waals surface area contributed by atoms with Crippen molar-refractivity contribution < 1.29 is 9.59 Å². The highest BCUT2D eigenvalue weighted by atomic mass is 16.2. The van der Waals surface area contributed by atoms with Crippen molar-refractivity contribution >= 4 is 11.8 Å². The topological polar surface area (TPSA) is 66.4 Å². The van der Waals surface area contributed by atoms with Gasteiger partial charge in [0, 0.05) is 32.9 Å². The fraction of sp³-hybridized carbons (Fsp3) is 0.333. The molecule has 1 atom stereocenters. The van der Waals surface area contributed by atoms with Crippen molar-refractivity contribution in [2.45, 2.75) is 27.2 Å². The molecule has 3 aromatic rings. The monoisotopic (exact) mass is 442 g/mol. The second-order valence-corrected chi connectivity index (χ2v) is 9.03. The van der Waals surface area contributed by atoms with E-state index in [1.807, 2.05) is 6.92 Å². The van der Waals surface area contributed by atoms with E-state index in [0.717, 1.165) is 16.8 Å². The Morgan fingerprint density at radius 3 is 2.27 bits per heavy atom. The molecule has 1 fully saturated rings. The lowest BCUT2D eigenvalue weighted by molar-refractivity contribution is -0.133. The number of carbonyl (C=O) groups is 2. The van der Waals surface area contributed by atoms with Crippen LogP contribution >= 0.6 is 0 Å². The van der Waals surface area contributed by atoms with Crippen molar-refractivity contribution in [2.75, 3.05) is 26.7 Å². The summed E-state index contributed by atoms with van der Waals surface area (Å²) in [5.74, 6) is -0.411. The first-order valence-electron chi connectivity index (χ1n) is 11.3. The Balaban J connectivity index is 1.52. The molecule has 4 rings (SSSR count). The Bertz CT molecular complexity index is 1140. The summed E-state index contributed by atoms with van der Waals surface area (Å²) in [7, 11) is 1.80.